The highest BCUT2D eigenvalue weighted by atomic mass is 16.1. The summed E-state index contributed by atoms with van der Waals surface area (Å²) in [6.45, 7) is 1.47. The number of benzene rings is 2. The Kier molecular flexibility index (Phi) is 4.80. The zero-order valence-electron chi connectivity index (χ0n) is 14.5. The molecule has 2 aromatic carbocycles. The van der Waals surface area contributed by atoms with Crippen LogP contribution in [0.5, 0.6) is 0 Å². The average Bonchev–Trinajstić information content (AvgIpc) is 3.20. The lowest BCUT2D eigenvalue weighted by Gasteiger charge is -1.96. The maximum absolute atomic E-state index is 11.2. The van der Waals surface area contributed by atoms with Gasteiger partial charge in [0.15, 0.2) is 12.6 Å². The molecule has 0 amide bonds. The molecule has 4 aromatic rings. The van der Waals surface area contributed by atoms with Crippen LogP contribution in [0.25, 0.3) is 21.8 Å². The van der Waals surface area contributed by atoms with E-state index in [4.69, 9.17) is 0 Å². The van der Waals surface area contributed by atoms with Crippen molar-refractivity contribution in [2.24, 2.45) is 7.05 Å². The molecule has 0 saturated carbocycles. The molecule has 0 aliphatic heterocycles. The molecule has 0 aliphatic rings. The molecule has 2 heterocycles. The van der Waals surface area contributed by atoms with E-state index in [1.807, 2.05) is 66.3 Å². The van der Waals surface area contributed by atoms with Gasteiger partial charge in [-0.3, -0.25) is 19.0 Å². The van der Waals surface area contributed by atoms with Crippen LogP contribution in [0.3, 0.4) is 0 Å². The maximum Gasteiger partial charge on any atom is 0.227 e. The SMILES string of the molecule is CC(=O)n1cc(C=O)c2ccccc21.Cn1cc(C=O)c2ccccc21. The van der Waals surface area contributed by atoms with Crippen LogP contribution in [0.15, 0.2) is 60.9 Å². The van der Waals surface area contributed by atoms with Gasteiger partial charge in [0.25, 0.3) is 0 Å². The van der Waals surface area contributed by atoms with Gasteiger partial charge in [-0.15, -0.1) is 0 Å². The van der Waals surface area contributed by atoms with E-state index in [1.54, 1.807) is 6.20 Å². The lowest BCUT2D eigenvalue weighted by molar-refractivity contribution is 0.0941. The summed E-state index contributed by atoms with van der Waals surface area (Å²) in [4.78, 5) is 32.6. The molecule has 130 valence electrons. The summed E-state index contributed by atoms with van der Waals surface area (Å²) in [6, 6.07) is 15.2. The van der Waals surface area contributed by atoms with E-state index in [0.717, 1.165) is 39.9 Å². The summed E-state index contributed by atoms with van der Waals surface area (Å²) in [5.74, 6) is -0.0886. The van der Waals surface area contributed by atoms with Crippen LogP contribution in [0.4, 0.5) is 0 Å². The third-order valence-corrected chi connectivity index (χ3v) is 4.26. The molecule has 26 heavy (non-hydrogen) atoms. The molecule has 0 N–H and O–H groups in total. The number of hydrogen-bond donors (Lipinski definition) is 0. The number of hydrogen-bond acceptors (Lipinski definition) is 3. The Morgan fingerprint density at radius 2 is 1.31 bits per heavy atom. The lowest BCUT2D eigenvalue weighted by Crippen LogP contribution is -2.02. The van der Waals surface area contributed by atoms with Gasteiger partial charge in [0, 0.05) is 53.8 Å². The summed E-state index contributed by atoms with van der Waals surface area (Å²) in [5.41, 5.74) is 3.19. The van der Waals surface area contributed by atoms with Crippen molar-refractivity contribution in [3.8, 4) is 0 Å². The number of aldehydes is 2. The highest BCUT2D eigenvalue weighted by Crippen LogP contribution is 2.19. The van der Waals surface area contributed by atoms with Crippen molar-refractivity contribution >= 4 is 40.3 Å². The minimum Gasteiger partial charge on any atom is -0.350 e. The topological polar surface area (TPSA) is 61.1 Å². The number of aromatic nitrogens is 2. The molecule has 0 radical (unpaired) electrons. The van der Waals surface area contributed by atoms with Gasteiger partial charge in [0.05, 0.1) is 5.52 Å². The summed E-state index contributed by atoms with van der Waals surface area (Å²) < 4.78 is 3.44. The van der Waals surface area contributed by atoms with Crippen LogP contribution in [0, 0.1) is 0 Å². The van der Waals surface area contributed by atoms with Gasteiger partial charge in [-0.2, -0.15) is 0 Å². The highest BCUT2D eigenvalue weighted by Gasteiger charge is 2.08. The number of nitrogens with zero attached hydrogens (tertiary/aromatic N) is 2. The summed E-state index contributed by atoms with van der Waals surface area (Å²) >= 11 is 0. The fourth-order valence-electron chi connectivity index (χ4n) is 3.03. The predicted octanol–water partition coefficient (Wildman–Crippen LogP) is 4.10. The number of fused-ring (bicyclic) bond motifs is 2. The number of para-hydroxylation sites is 2. The van der Waals surface area contributed by atoms with Gasteiger partial charge in [-0.1, -0.05) is 36.4 Å². The molecule has 0 unspecified atom stereocenters. The Morgan fingerprint density at radius 1 is 0.808 bits per heavy atom. The molecule has 4 rings (SSSR count). The van der Waals surface area contributed by atoms with Crippen molar-refractivity contribution < 1.29 is 14.4 Å². The van der Waals surface area contributed by atoms with Crippen LogP contribution in [-0.4, -0.2) is 27.6 Å². The van der Waals surface area contributed by atoms with E-state index in [2.05, 4.69) is 0 Å². The van der Waals surface area contributed by atoms with Gasteiger partial charge >= 0.3 is 0 Å². The number of carbonyl (C=O) groups excluding carboxylic acids is 3. The molecular formula is C21H18N2O3. The Hall–Kier alpha value is -3.47. The standard InChI is InChI=1S/C11H9NO2.C10H9NO/c1-8(14)12-6-9(7-13)10-4-2-3-5-11(10)12;1-11-6-8(7-12)9-4-2-3-5-10(9)11/h2-7H,1H3;2-7H,1H3. The average molecular weight is 346 g/mol. The van der Waals surface area contributed by atoms with Crippen LogP contribution >= 0.6 is 0 Å². The number of rotatable bonds is 2. The molecule has 0 bridgehead atoms. The second kappa shape index (κ2) is 7.19. The second-order valence-electron chi connectivity index (χ2n) is 5.94. The smallest absolute Gasteiger partial charge is 0.227 e. The Labute approximate surface area is 150 Å². The van der Waals surface area contributed by atoms with Crippen molar-refractivity contribution in [1.29, 1.82) is 0 Å². The molecule has 0 atom stereocenters. The zero-order chi connectivity index (χ0) is 18.7. The normalized spacial score (nSPS) is 10.4. The number of aryl methyl sites for hydroxylation is 1. The van der Waals surface area contributed by atoms with E-state index < -0.39 is 0 Å². The van der Waals surface area contributed by atoms with Crippen LogP contribution < -0.4 is 0 Å². The predicted molar refractivity (Wildman–Crippen MR) is 102 cm³/mol. The van der Waals surface area contributed by atoms with Crippen LogP contribution in [0.1, 0.15) is 32.4 Å². The molecule has 2 aromatic heterocycles. The monoisotopic (exact) mass is 346 g/mol. The van der Waals surface area contributed by atoms with Gasteiger partial charge < -0.3 is 4.57 Å². The molecule has 5 heteroatoms. The van der Waals surface area contributed by atoms with E-state index in [0.29, 0.717) is 5.56 Å². The fourth-order valence-corrected chi connectivity index (χ4v) is 3.03. The van der Waals surface area contributed by atoms with Crippen LogP contribution in [-0.2, 0) is 7.05 Å². The van der Waals surface area contributed by atoms with Crippen LogP contribution in [0.2, 0.25) is 0 Å². The Morgan fingerprint density at radius 3 is 1.88 bits per heavy atom. The minimum absolute atomic E-state index is 0.0886. The molecular weight excluding hydrogens is 328 g/mol. The van der Waals surface area contributed by atoms with Crippen molar-refractivity contribution in [2.75, 3.05) is 0 Å². The Balaban J connectivity index is 0.000000152. The first-order chi connectivity index (χ1) is 12.6. The lowest BCUT2D eigenvalue weighted by atomic mass is 10.2. The molecule has 0 aliphatic carbocycles. The quantitative estimate of drug-likeness (QED) is 0.513. The Bertz CT molecular complexity index is 1120. The van der Waals surface area contributed by atoms with Gasteiger partial charge in [0.1, 0.15) is 0 Å². The first-order valence-electron chi connectivity index (χ1n) is 8.12. The minimum atomic E-state index is -0.0886. The highest BCUT2D eigenvalue weighted by molar-refractivity contribution is 6.02. The van der Waals surface area contributed by atoms with Crippen molar-refractivity contribution in [3.63, 3.8) is 0 Å². The van der Waals surface area contributed by atoms with E-state index >= 15 is 0 Å². The first-order valence-corrected chi connectivity index (χ1v) is 8.12. The third-order valence-electron chi connectivity index (χ3n) is 4.26. The molecule has 0 fully saturated rings. The van der Waals surface area contributed by atoms with E-state index in [9.17, 15) is 14.4 Å². The van der Waals surface area contributed by atoms with Gasteiger partial charge in [0.2, 0.25) is 5.91 Å². The molecule has 5 nitrogen and oxygen atoms in total. The van der Waals surface area contributed by atoms with Gasteiger partial charge in [-0.25, -0.2) is 0 Å². The van der Waals surface area contributed by atoms with E-state index in [1.165, 1.54) is 11.5 Å². The first kappa shape index (κ1) is 17.4. The number of carbonyl (C=O) groups is 3. The zero-order valence-corrected chi connectivity index (χ0v) is 14.5. The third kappa shape index (κ3) is 3.07. The van der Waals surface area contributed by atoms with Crippen molar-refractivity contribution in [3.05, 3.63) is 72.1 Å². The van der Waals surface area contributed by atoms with E-state index in [-0.39, 0.29) is 5.91 Å². The summed E-state index contributed by atoms with van der Waals surface area (Å²) in [7, 11) is 1.94. The van der Waals surface area contributed by atoms with Gasteiger partial charge in [-0.05, 0) is 12.1 Å². The summed E-state index contributed by atoms with van der Waals surface area (Å²) in [5, 5.41) is 1.84. The second-order valence-corrected chi connectivity index (χ2v) is 5.94. The maximum atomic E-state index is 11.2. The fraction of sp³-hybridized carbons (Fsp3) is 0.0952. The van der Waals surface area contributed by atoms with Crippen molar-refractivity contribution in [2.45, 2.75) is 6.92 Å². The van der Waals surface area contributed by atoms with Crippen molar-refractivity contribution in [1.82, 2.24) is 9.13 Å². The summed E-state index contributed by atoms with van der Waals surface area (Å²) in [6.07, 6.45) is 5.07. The largest absolute Gasteiger partial charge is 0.350 e. The molecule has 0 saturated heterocycles. The molecule has 0 spiro atoms.